The van der Waals surface area contributed by atoms with Gasteiger partial charge < -0.3 is 10.4 Å². The van der Waals surface area contributed by atoms with Crippen molar-refractivity contribution in [1.82, 2.24) is 25.5 Å². The molecule has 0 bridgehead atoms. The lowest BCUT2D eigenvalue weighted by atomic mass is 10.2. The molecule has 1 atom stereocenters. The molecule has 1 fully saturated rings. The molecule has 2 rings (SSSR count). The van der Waals surface area contributed by atoms with Gasteiger partial charge >= 0.3 is 5.97 Å². The quantitative estimate of drug-likeness (QED) is 0.682. The number of carbonyl (C=O) groups excluding carboxylic acids is 1. The van der Waals surface area contributed by atoms with Gasteiger partial charge in [-0.25, -0.2) is 9.48 Å². The topological polar surface area (TPSA) is 110 Å². The van der Waals surface area contributed by atoms with Gasteiger partial charge in [0.05, 0.1) is 11.8 Å². The highest BCUT2D eigenvalue weighted by Gasteiger charge is 2.28. The second kappa shape index (κ2) is 6.00. The predicted molar refractivity (Wildman–Crippen MR) is 66.7 cm³/mol. The van der Waals surface area contributed by atoms with E-state index in [4.69, 9.17) is 5.11 Å². The minimum Gasteiger partial charge on any atom is -0.480 e. The fourth-order valence-corrected chi connectivity index (χ4v) is 2.29. The summed E-state index contributed by atoms with van der Waals surface area (Å²) in [5.41, 5.74) is 0. The molecule has 0 radical (unpaired) electrons. The number of nitrogens with zero attached hydrogens (tertiary/aromatic N) is 4. The van der Waals surface area contributed by atoms with Gasteiger partial charge in [-0.2, -0.15) is 0 Å². The number of tetrazole rings is 1. The molecular formula is C10H15N5O3S. The van der Waals surface area contributed by atoms with E-state index in [9.17, 15) is 9.59 Å². The maximum atomic E-state index is 11.6. The molecule has 1 unspecified atom stereocenters. The van der Waals surface area contributed by atoms with Gasteiger partial charge in [0.2, 0.25) is 11.1 Å². The van der Waals surface area contributed by atoms with Crippen molar-refractivity contribution in [2.45, 2.75) is 43.4 Å². The van der Waals surface area contributed by atoms with Crippen molar-refractivity contribution in [2.75, 3.05) is 5.75 Å². The Balaban J connectivity index is 1.82. The van der Waals surface area contributed by atoms with E-state index >= 15 is 0 Å². The molecule has 8 nitrogen and oxygen atoms in total. The predicted octanol–water partition coefficient (Wildman–Crippen LogP) is 0.0795. The molecule has 0 spiro atoms. The first-order valence-electron chi connectivity index (χ1n) is 6.04. The van der Waals surface area contributed by atoms with Gasteiger partial charge in [-0.15, -0.1) is 5.10 Å². The summed E-state index contributed by atoms with van der Waals surface area (Å²) in [5.74, 6) is -1.25. The van der Waals surface area contributed by atoms with Crippen LogP contribution in [0.3, 0.4) is 0 Å². The highest BCUT2D eigenvalue weighted by atomic mass is 32.2. The number of aliphatic carboxylic acids is 1. The summed E-state index contributed by atoms with van der Waals surface area (Å²) in [6, 6.07) is -0.490. The molecule has 19 heavy (non-hydrogen) atoms. The molecule has 0 saturated heterocycles. The molecule has 0 aliphatic heterocycles. The normalized spacial score (nSPS) is 16.1. The largest absolute Gasteiger partial charge is 0.480 e. The Hall–Kier alpha value is -1.64. The van der Waals surface area contributed by atoms with E-state index in [2.05, 4.69) is 20.8 Å². The Morgan fingerprint density at radius 3 is 2.89 bits per heavy atom. The maximum absolute atomic E-state index is 11.6. The SMILES string of the molecule is CCC(NC(=O)CSc1nnnn1C1CC1)C(=O)O. The lowest BCUT2D eigenvalue weighted by Crippen LogP contribution is -2.41. The first-order valence-corrected chi connectivity index (χ1v) is 7.03. The molecule has 1 aromatic rings. The summed E-state index contributed by atoms with van der Waals surface area (Å²) in [7, 11) is 0. The van der Waals surface area contributed by atoms with Crippen molar-refractivity contribution in [1.29, 1.82) is 0 Å². The number of carboxylic acids is 1. The van der Waals surface area contributed by atoms with Crippen molar-refractivity contribution >= 4 is 23.6 Å². The second-order valence-electron chi connectivity index (χ2n) is 4.29. The van der Waals surface area contributed by atoms with Crippen LogP contribution in [0.2, 0.25) is 0 Å². The van der Waals surface area contributed by atoms with Crippen molar-refractivity contribution in [3.05, 3.63) is 0 Å². The van der Waals surface area contributed by atoms with Gasteiger partial charge in [0.25, 0.3) is 0 Å². The summed E-state index contributed by atoms with van der Waals surface area (Å²) >= 11 is 1.22. The van der Waals surface area contributed by atoms with Crippen LogP contribution in [0.1, 0.15) is 32.2 Å². The molecule has 1 amide bonds. The lowest BCUT2D eigenvalue weighted by molar-refractivity contribution is -0.141. The molecule has 1 aromatic heterocycles. The third-order valence-electron chi connectivity index (χ3n) is 2.73. The highest BCUT2D eigenvalue weighted by molar-refractivity contribution is 7.99. The maximum Gasteiger partial charge on any atom is 0.326 e. The van der Waals surface area contributed by atoms with Crippen LogP contribution in [0.4, 0.5) is 0 Å². The number of rotatable bonds is 7. The zero-order chi connectivity index (χ0) is 13.8. The monoisotopic (exact) mass is 285 g/mol. The van der Waals surface area contributed by atoms with Crippen molar-refractivity contribution in [3.63, 3.8) is 0 Å². The van der Waals surface area contributed by atoms with Crippen molar-refractivity contribution in [3.8, 4) is 0 Å². The van der Waals surface area contributed by atoms with E-state index in [1.807, 2.05) is 0 Å². The number of thioether (sulfide) groups is 1. The molecule has 0 aromatic carbocycles. The summed E-state index contributed by atoms with van der Waals surface area (Å²) < 4.78 is 1.71. The van der Waals surface area contributed by atoms with Gasteiger partial charge in [-0.3, -0.25) is 4.79 Å². The summed E-state index contributed by atoms with van der Waals surface area (Å²) in [6.07, 6.45) is 2.47. The van der Waals surface area contributed by atoms with Gasteiger partial charge in [0, 0.05) is 0 Å². The standard InChI is InChI=1S/C10H15N5O3S/c1-2-7(9(17)18)11-8(16)5-19-10-12-13-14-15(10)6-3-4-6/h6-7H,2-5H2,1H3,(H,11,16)(H,17,18). The first kappa shape index (κ1) is 13.8. The van der Waals surface area contributed by atoms with E-state index in [0.717, 1.165) is 12.8 Å². The Bertz CT molecular complexity index is 473. The van der Waals surface area contributed by atoms with Gasteiger partial charge in [-0.05, 0) is 29.7 Å². The minimum absolute atomic E-state index is 0.108. The number of aromatic nitrogens is 4. The van der Waals surface area contributed by atoms with Crippen LogP contribution in [0, 0.1) is 0 Å². The van der Waals surface area contributed by atoms with Crippen LogP contribution >= 0.6 is 11.8 Å². The fourth-order valence-electron chi connectivity index (χ4n) is 1.53. The van der Waals surface area contributed by atoms with Crippen LogP contribution in [-0.2, 0) is 9.59 Å². The van der Waals surface area contributed by atoms with Crippen LogP contribution in [0.5, 0.6) is 0 Å². The molecule has 1 aliphatic carbocycles. The molecule has 2 N–H and O–H groups in total. The number of amides is 1. The zero-order valence-electron chi connectivity index (χ0n) is 10.4. The molecule has 9 heteroatoms. The minimum atomic E-state index is -1.02. The number of carboxylic acid groups (broad SMARTS) is 1. The van der Waals surface area contributed by atoms with E-state index in [1.165, 1.54) is 11.8 Å². The third-order valence-corrected chi connectivity index (χ3v) is 3.66. The number of carbonyl (C=O) groups is 2. The molecule has 1 saturated carbocycles. The van der Waals surface area contributed by atoms with Crippen molar-refractivity contribution < 1.29 is 14.7 Å². The van der Waals surface area contributed by atoms with Crippen molar-refractivity contribution in [2.24, 2.45) is 0 Å². The smallest absolute Gasteiger partial charge is 0.326 e. The Morgan fingerprint density at radius 2 is 2.32 bits per heavy atom. The molecule has 1 aliphatic rings. The average Bonchev–Trinajstić information content (AvgIpc) is 3.12. The van der Waals surface area contributed by atoms with Gasteiger partial charge in [0.15, 0.2) is 0 Å². The van der Waals surface area contributed by atoms with Crippen LogP contribution in [0.15, 0.2) is 5.16 Å². The Kier molecular flexibility index (Phi) is 4.35. The fraction of sp³-hybridized carbons (Fsp3) is 0.700. The summed E-state index contributed by atoms with van der Waals surface area (Å²) in [6.45, 7) is 1.71. The average molecular weight is 285 g/mol. The second-order valence-corrected chi connectivity index (χ2v) is 5.23. The summed E-state index contributed by atoms with van der Waals surface area (Å²) in [4.78, 5) is 22.4. The van der Waals surface area contributed by atoms with Gasteiger partial charge in [-0.1, -0.05) is 18.7 Å². The molecule has 1 heterocycles. The van der Waals surface area contributed by atoms with Gasteiger partial charge in [0.1, 0.15) is 6.04 Å². The van der Waals surface area contributed by atoms with E-state index < -0.39 is 12.0 Å². The van der Waals surface area contributed by atoms with Crippen LogP contribution in [0.25, 0.3) is 0 Å². The third kappa shape index (κ3) is 3.66. The zero-order valence-corrected chi connectivity index (χ0v) is 11.3. The summed E-state index contributed by atoms with van der Waals surface area (Å²) in [5, 5.41) is 23.2. The number of hydrogen-bond donors (Lipinski definition) is 2. The van der Waals surface area contributed by atoms with Crippen LogP contribution < -0.4 is 5.32 Å². The van der Waals surface area contributed by atoms with Crippen LogP contribution in [-0.4, -0.2) is 49.0 Å². The van der Waals surface area contributed by atoms with E-state index in [0.29, 0.717) is 17.6 Å². The molecule has 104 valence electrons. The lowest BCUT2D eigenvalue weighted by Gasteiger charge is -2.11. The van der Waals surface area contributed by atoms with E-state index in [-0.39, 0.29) is 11.7 Å². The van der Waals surface area contributed by atoms with E-state index in [1.54, 1.807) is 11.6 Å². The Morgan fingerprint density at radius 1 is 1.58 bits per heavy atom. The molecular weight excluding hydrogens is 270 g/mol. The number of nitrogens with one attached hydrogen (secondary N) is 1. The highest BCUT2D eigenvalue weighted by Crippen LogP contribution is 2.36. The number of hydrogen-bond acceptors (Lipinski definition) is 6. The first-order chi connectivity index (χ1) is 9.11. The Labute approximate surface area is 113 Å².